The van der Waals surface area contributed by atoms with Gasteiger partial charge in [0.25, 0.3) is 0 Å². The minimum Gasteiger partial charge on any atom is -0.282 e. The van der Waals surface area contributed by atoms with Crippen LogP contribution in [0.1, 0.15) is 40.5 Å². The van der Waals surface area contributed by atoms with E-state index in [1.807, 2.05) is 7.05 Å². The molecule has 0 fully saturated rings. The normalized spacial score (nSPS) is 11.9. The number of rotatable bonds is 6. The zero-order valence-electron chi connectivity index (χ0n) is 13.3. The summed E-state index contributed by atoms with van der Waals surface area (Å²) in [5.74, 6) is 0. The Morgan fingerprint density at radius 3 is 2.25 bits per heavy atom. The molecule has 1 unspecified atom stereocenters. The second kappa shape index (κ2) is 8.24. The van der Waals surface area contributed by atoms with Crippen LogP contribution in [0.25, 0.3) is 0 Å². The average Bonchev–Trinajstić information content (AvgIpc) is 2.41. The maximum Gasteiger partial charge on any atom is 0.0574 e. The molecular formula is C17H27N2P. The van der Waals surface area contributed by atoms with Crippen molar-refractivity contribution in [2.75, 3.05) is 12.1 Å². The van der Waals surface area contributed by atoms with Crippen LogP contribution in [0.3, 0.4) is 0 Å². The van der Waals surface area contributed by atoms with E-state index >= 15 is 0 Å². The molecule has 1 aromatic carbocycles. The number of hydrazine groups is 1. The molecule has 0 bridgehead atoms. The van der Waals surface area contributed by atoms with Crippen molar-refractivity contribution < 1.29 is 0 Å². The summed E-state index contributed by atoms with van der Waals surface area (Å²) in [6, 6.07) is 8.48. The van der Waals surface area contributed by atoms with Crippen LogP contribution < -0.4 is 15.7 Å². The fraction of sp³-hybridized carbons (Fsp3) is 0.412. The summed E-state index contributed by atoms with van der Waals surface area (Å²) in [5.41, 5.74) is 8.50. The molecular weight excluding hydrogens is 263 g/mol. The lowest BCUT2D eigenvalue weighted by Crippen LogP contribution is -2.34. The maximum absolute atomic E-state index is 3.27. The first-order valence-electron chi connectivity index (χ1n) is 7.08. The highest BCUT2D eigenvalue weighted by atomic mass is 31.0. The van der Waals surface area contributed by atoms with Crippen LogP contribution in [-0.4, -0.2) is 7.05 Å². The number of benzene rings is 1. The summed E-state index contributed by atoms with van der Waals surface area (Å²) in [6.07, 6.45) is 4.49. The number of allylic oxidation sites excluding steroid dienone is 4. The molecule has 0 heterocycles. The molecule has 20 heavy (non-hydrogen) atoms. The Morgan fingerprint density at radius 2 is 1.75 bits per heavy atom. The van der Waals surface area contributed by atoms with Crippen LogP contribution in [0.2, 0.25) is 0 Å². The van der Waals surface area contributed by atoms with Crippen molar-refractivity contribution in [3.8, 4) is 0 Å². The fourth-order valence-corrected chi connectivity index (χ4v) is 2.26. The van der Waals surface area contributed by atoms with Gasteiger partial charge in [-0.1, -0.05) is 29.4 Å². The van der Waals surface area contributed by atoms with Crippen LogP contribution in [-0.2, 0) is 0 Å². The molecule has 2 nitrogen and oxygen atoms in total. The molecule has 110 valence electrons. The summed E-state index contributed by atoms with van der Waals surface area (Å²) >= 11 is 0. The smallest absolute Gasteiger partial charge is 0.0574 e. The van der Waals surface area contributed by atoms with E-state index in [0.29, 0.717) is 0 Å². The van der Waals surface area contributed by atoms with Gasteiger partial charge in [0.1, 0.15) is 0 Å². The second-order valence-electron chi connectivity index (χ2n) is 5.34. The number of nitrogens with zero attached hydrogens (tertiary/aromatic N) is 1. The number of nitrogens with one attached hydrogen (secondary N) is 1. The Bertz CT molecular complexity index is 482. The molecule has 1 rings (SSSR count). The summed E-state index contributed by atoms with van der Waals surface area (Å²) in [6.45, 7) is 8.68. The lowest BCUT2D eigenvalue weighted by Gasteiger charge is -2.26. The molecule has 1 N–H and O–H groups in total. The van der Waals surface area contributed by atoms with E-state index in [1.54, 1.807) is 0 Å². The van der Waals surface area contributed by atoms with Gasteiger partial charge in [-0.05, 0) is 58.0 Å². The highest BCUT2D eigenvalue weighted by molar-refractivity contribution is 7.27. The second-order valence-corrected chi connectivity index (χ2v) is 6.00. The van der Waals surface area contributed by atoms with E-state index in [-0.39, 0.29) is 0 Å². The van der Waals surface area contributed by atoms with Gasteiger partial charge in [-0.2, -0.15) is 0 Å². The van der Waals surface area contributed by atoms with Crippen LogP contribution in [0.5, 0.6) is 0 Å². The third-order valence-corrected chi connectivity index (χ3v) is 3.78. The first kappa shape index (κ1) is 16.9. The third-order valence-electron chi connectivity index (χ3n) is 3.40. The minimum atomic E-state index is 1.09. The van der Waals surface area contributed by atoms with Gasteiger partial charge >= 0.3 is 0 Å². The molecule has 0 aliphatic rings. The van der Waals surface area contributed by atoms with E-state index in [1.165, 1.54) is 22.1 Å². The zero-order chi connectivity index (χ0) is 15.1. The van der Waals surface area contributed by atoms with Gasteiger partial charge in [-0.15, -0.1) is 9.24 Å². The van der Waals surface area contributed by atoms with Crippen molar-refractivity contribution >= 4 is 20.2 Å². The third kappa shape index (κ3) is 5.11. The van der Waals surface area contributed by atoms with E-state index < -0.39 is 0 Å². The van der Waals surface area contributed by atoms with Crippen molar-refractivity contribution in [2.24, 2.45) is 0 Å². The first-order valence-corrected chi connectivity index (χ1v) is 7.66. The van der Waals surface area contributed by atoms with Gasteiger partial charge in [-0.3, -0.25) is 5.01 Å². The molecule has 0 spiro atoms. The predicted molar refractivity (Wildman–Crippen MR) is 94.4 cm³/mol. The fourth-order valence-electron chi connectivity index (χ4n) is 2.06. The molecule has 3 heteroatoms. The van der Waals surface area contributed by atoms with Crippen LogP contribution >= 0.6 is 9.24 Å². The van der Waals surface area contributed by atoms with E-state index in [9.17, 15) is 0 Å². The molecule has 0 radical (unpaired) electrons. The lowest BCUT2D eigenvalue weighted by atomic mass is 10.1. The van der Waals surface area contributed by atoms with Crippen LogP contribution in [0, 0.1) is 0 Å². The van der Waals surface area contributed by atoms with Gasteiger partial charge in [0, 0.05) is 12.7 Å². The monoisotopic (exact) mass is 290 g/mol. The van der Waals surface area contributed by atoms with Gasteiger partial charge in [0.05, 0.1) is 5.69 Å². The Kier molecular flexibility index (Phi) is 6.98. The quantitative estimate of drug-likeness (QED) is 0.480. The summed E-state index contributed by atoms with van der Waals surface area (Å²) in [5, 5.41) is 3.34. The zero-order valence-corrected chi connectivity index (χ0v) is 14.5. The molecule has 0 aromatic heterocycles. The van der Waals surface area contributed by atoms with E-state index in [4.69, 9.17) is 0 Å². The number of anilines is 1. The summed E-state index contributed by atoms with van der Waals surface area (Å²) < 4.78 is 0. The highest BCUT2D eigenvalue weighted by Crippen LogP contribution is 2.20. The summed E-state index contributed by atoms with van der Waals surface area (Å²) in [4.78, 5) is 0. The largest absolute Gasteiger partial charge is 0.282 e. The molecule has 0 aliphatic heterocycles. The molecule has 1 aromatic rings. The van der Waals surface area contributed by atoms with Crippen molar-refractivity contribution in [1.29, 1.82) is 0 Å². The molecule has 0 saturated carbocycles. The number of hydrogen-bond donors (Lipinski definition) is 1. The van der Waals surface area contributed by atoms with Gasteiger partial charge in [0.15, 0.2) is 0 Å². The van der Waals surface area contributed by atoms with Gasteiger partial charge < -0.3 is 0 Å². The first-order chi connectivity index (χ1) is 9.45. The SMILES string of the molecule is CNN(/C(C)=C(\C)CCC=C(C)C)c1ccc(P)cc1. The maximum atomic E-state index is 3.27. The van der Waals surface area contributed by atoms with Crippen molar-refractivity contribution in [2.45, 2.75) is 40.5 Å². The van der Waals surface area contributed by atoms with Crippen LogP contribution in [0.15, 0.2) is 47.2 Å². The van der Waals surface area contributed by atoms with E-state index in [2.05, 4.69) is 77.7 Å². The Labute approximate surface area is 126 Å². The Balaban J connectivity index is 2.87. The van der Waals surface area contributed by atoms with Crippen molar-refractivity contribution in [1.82, 2.24) is 5.43 Å². The number of hydrogen-bond acceptors (Lipinski definition) is 2. The average molecular weight is 290 g/mol. The summed E-state index contributed by atoms with van der Waals surface area (Å²) in [7, 11) is 4.68. The predicted octanol–water partition coefficient (Wildman–Crippen LogP) is 4.17. The highest BCUT2D eigenvalue weighted by Gasteiger charge is 2.08. The van der Waals surface area contributed by atoms with E-state index in [0.717, 1.165) is 18.5 Å². The molecule has 0 aliphatic carbocycles. The Morgan fingerprint density at radius 1 is 1.15 bits per heavy atom. The lowest BCUT2D eigenvalue weighted by molar-refractivity contribution is 0.768. The standard InChI is InChI=1S/C17H27N2P/c1-13(2)7-6-8-14(3)15(4)19(18-5)16-9-11-17(20)12-10-16/h7,9-12,18H,6,8,20H2,1-5H3/b15-14+. The van der Waals surface area contributed by atoms with Crippen molar-refractivity contribution in [3.05, 3.63) is 47.2 Å². The Hall–Kier alpha value is -1.11. The molecule has 1 atom stereocenters. The minimum absolute atomic E-state index is 1.09. The van der Waals surface area contributed by atoms with Gasteiger partial charge in [0.2, 0.25) is 0 Å². The van der Waals surface area contributed by atoms with Crippen LogP contribution in [0.4, 0.5) is 5.69 Å². The van der Waals surface area contributed by atoms with Gasteiger partial charge in [-0.25, -0.2) is 5.43 Å². The topological polar surface area (TPSA) is 15.3 Å². The molecule has 0 amide bonds. The molecule has 0 saturated heterocycles. The van der Waals surface area contributed by atoms with Crippen molar-refractivity contribution in [3.63, 3.8) is 0 Å².